The first kappa shape index (κ1) is 13.5. The predicted molar refractivity (Wildman–Crippen MR) is 66.1 cm³/mol. The monoisotopic (exact) mass is 227 g/mol. The van der Waals surface area contributed by atoms with Gasteiger partial charge in [-0.3, -0.25) is 4.79 Å². The zero-order chi connectivity index (χ0) is 12.1. The van der Waals surface area contributed by atoms with E-state index < -0.39 is 0 Å². The minimum absolute atomic E-state index is 0.141. The van der Waals surface area contributed by atoms with Crippen LogP contribution in [0.5, 0.6) is 0 Å². The number of carbonyl (C=O) groups excluding carboxylic acids is 1. The van der Waals surface area contributed by atoms with E-state index in [-0.39, 0.29) is 17.9 Å². The summed E-state index contributed by atoms with van der Waals surface area (Å²) in [5, 5.41) is 0. The first-order valence-electron chi connectivity index (χ1n) is 6.29. The van der Waals surface area contributed by atoms with E-state index >= 15 is 0 Å². The molecule has 0 aromatic heterocycles. The Morgan fingerprint density at radius 2 is 2.19 bits per heavy atom. The van der Waals surface area contributed by atoms with Gasteiger partial charge in [-0.05, 0) is 13.5 Å². The number of rotatable bonds is 4. The molecule has 0 bridgehead atoms. The molecule has 0 radical (unpaired) electrons. The molecular weight excluding hydrogens is 202 g/mol. The van der Waals surface area contributed by atoms with Crippen molar-refractivity contribution < 1.29 is 4.79 Å². The summed E-state index contributed by atoms with van der Waals surface area (Å²) in [6, 6.07) is 0.200. The number of hydrogen-bond donors (Lipinski definition) is 1. The van der Waals surface area contributed by atoms with Crippen molar-refractivity contribution in [1.29, 1.82) is 0 Å². The maximum atomic E-state index is 12.2. The third-order valence-corrected chi connectivity index (χ3v) is 3.38. The van der Waals surface area contributed by atoms with Gasteiger partial charge in [-0.25, -0.2) is 0 Å². The Morgan fingerprint density at radius 1 is 1.50 bits per heavy atom. The van der Waals surface area contributed by atoms with Gasteiger partial charge in [-0.15, -0.1) is 0 Å². The van der Waals surface area contributed by atoms with Gasteiger partial charge in [0.05, 0.1) is 6.04 Å². The molecule has 1 rings (SSSR count). The Kier molecular flexibility index (Phi) is 5.22. The highest BCUT2D eigenvalue weighted by atomic mass is 16.2. The lowest BCUT2D eigenvalue weighted by Crippen LogP contribution is -2.57. The van der Waals surface area contributed by atoms with Gasteiger partial charge in [0.2, 0.25) is 5.91 Å². The molecule has 2 atom stereocenters. The molecule has 0 aromatic rings. The summed E-state index contributed by atoms with van der Waals surface area (Å²) < 4.78 is 0. The summed E-state index contributed by atoms with van der Waals surface area (Å²) >= 11 is 0. The SMILES string of the molecule is CCCC(C)C(=O)N1CCN(C)CC1CN. The molecular formula is C12H25N3O. The molecule has 1 heterocycles. The third-order valence-electron chi connectivity index (χ3n) is 3.38. The van der Waals surface area contributed by atoms with Crippen LogP contribution < -0.4 is 5.73 Å². The van der Waals surface area contributed by atoms with Crippen molar-refractivity contribution in [1.82, 2.24) is 9.80 Å². The van der Waals surface area contributed by atoms with Crippen molar-refractivity contribution in [3.05, 3.63) is 0 Å². The van der Waals surface area contributed by atoms with Crippen LogP contribution in [0.25, 0.3) is 0 Å². The molecule has 1 aliphatic heterocycles. The van der Waals surface area contributed by atoms with Gasteiger partial charge >= 0.3 is 0 Å². The largest absolute Gasteiger partial charge is 0.336 e. The number of nitrogens with two attached hydrogens (primary N) is 1. The van der Waals surface area contributed by atoms with Crippen molar-refractivity contribution in [3.8, 4) is 0 Å². The zero-order valence-electron chi connectivity index (χ0n) is 10.8. The molecule has 4 heteroatoms. The van der Waals surface area contributed by atoms with E-state index in [0.29, 0.717) is 6.54 Å². The van der Waals surface area contributed by atoms with E-state index in [1.807, 2.05) is 11.8 Å². The van der Waals surface area contributed by atoms with Gasteiger partial charge in [-0.2, -0.15) is 0 Å². The molecule has 1 aliphatic rings. The van der Waals surface area contributed by atoms with Crippen molar-refractivity contribution in [3.63, 3.8) is 0 Å². The Bertz CT molecular complexity index is 232. The summed E-state index contributed by atoms with van der Waals surface area (Å²) in [6.45, 7) is 7.40. The Morgan fingerprint density at radius 3 is 2.75 bits per heavy atom. The molecule has 2 N–H and O–H groups in total. The van der Waals surface area contributed by atoms with Crippen molar-refractivity contribution in [2.45, 2.75) is 32.7 Å². The molecule has 1 fully saturated rings. The average molecular weight is 227 g/mol. The Balaban J connectivity index is 2.59. The van der Waals surface area contributed by atoms with Gasteiger partial charge in [-0.1, -0.05) is 20.3 Å². The number of hydrogen-bond acceptors (Lipinski definition) is 3. The molecule has 0 aromatic carbocycles. The number of amides is 1. The highest BCUT2D eigenvalue weighted by Gasteiger charge is 2.30. The lowest BCUT2D eigenvalue weighted by Gasteiger charge is -2.40. The van der Waals surface area contributed by atoms with Gasteiger partial charge < -0.3 is 15.5 Å². The first-order chi connectivity index (χ1) is 7.60. The van der Waals surface area contributed by atoms with Gasteiger partial charge in [0.1, 0.15) is 0 Å². The highest BCUT2D eigenvalue weighted by Crippen LogP contribution is 2.15. The summed E-state index contributed by atoms with van der Waals surface area (Å²) in [4.78, 5) is 16.4. The molecule has 94 valence electrons. The van der Waals surface area contributed by atoms with Crippen molar-refractivity contribution >= 4 is 5.91 Å². The van der Waals surface area contributed by atoms with Gasteiger partial charge in [0.25, 0.3) is 0 Å². The fourth-order valence-electron chi connectivity index (χ4n) is 2.34. The number of likely N-dealkylation sites (N-methyl/N-ethyl adjacent to an activating group) is 1. The molecule has 0 spiro atoms. The van der Waals surface area contributed by atoms with Crippen molar-refractivity contribution in [2.24, 2.45) is 11.7 Å². The summed E-state index contributed by atoms with van der Waals surface area (Å²) in [5.74, 6) is 0.424. The van der Waals surface area contributed by atoms with Crippen LogP contribution >= 0.6 is 0 Å². The number of piperazine rings is 1. The van der Waals surface area contributed by atoms with Crippen LogP contribution in [0.3, 0.4) is 0 Å². The smallest absolute Gasteiger partial charge is 0.225 e. The molecule has 4 nitrogen and oxygen atoms in total. The fourth-order valence-corrected chi connectivity index (χ4v) is 2.34. The van der Waals surface area contributed by atoms with E-state index in [4.69, 9.17) is 5.73 Å². The maximum absolute atomic E-state index is 12.2. The quantitative estimate of drug-likeness (QED) is 0.762. The summed E-state index contributed by atoms with van der Waals surface area (Å²) in [5.41, 5.74) is 5.75. The van der Waals surface area contributed by atoms with Crippen LogP contribution in [-0.4, -0.2) is 55.0 Å². The minimum atomic E-state index is 0.141. The van der Waals surface area contributed by atoms with Crippen LogP contribution in [0.2, 0.25) is 0 Å². The molecule has 0 saturated carbocycles. The molecule has 1 saturated heterocycles. The molecule has 2 unspecified atom stereocenters. The summed E-state index contributed by atoms with van der Waals surface area (Å²) in [7, 11) is 2.08. The topological polar surface area (TPSA) is 49.6 Å². The first-order valence-corrected chi connectivity index (χ1v) is 6.29. The normalized spacial score (nSPS) is 24.5. The van der Waals surface area contributed by atoms with Gasteiger partial charge in [0.15, 0.2) is 0 Å². The van der Waals surface area contributed by atoms with Crippen molar-refractivity contribution in [2.75, 3.05) is 33.2 Å². The number of nitrogens with zero attached hydrogens (tertiary/aromatic N) is 2. The predicted octanol–water partition coefficient (Wildman–Crippen LogP) is 0.524. The van der Waals surface area contributed by atoms with E-state index in [1.54, 1.807) is 0 Å². The maximum Gasteiger partial charge on any atom is 0.225 e. The van der Waals surface area contributed by atoms with Crippen LogP contribution in [0.1, 0.15) is 26.7 Å². The van der Waals surface area contributed by atoms with E-state index in [9.17, 15) is 4.79 Å². The molecule has 0 aliphatic carbocycles. The second-order valence-electron chi connectivity index (χ2n) is 4.87. The van der Waals surface area contributed by atoms with Crippen LogP contribution in [0.15, 0.2) is 0 Å². The van der Waals surface area contributed by atoms with Crippen LogP contribution in [-0.2, 0) is 4.79 Å². The Labute approximate surface area is 98.8 Å². The standard InChI is InChI=1S/C12H25N3O/c1-4-5-10(2)12(16)15-7-6-14(3)9-11(15)8-13/h10-11H,4-9,13H2,1-3H3. The van der Waals surface area contributed by atoms with Crippen LogP contribution in [0, 0.1) is 5.92 Å². The fraction of sp³-hybridized carbons (Fsp3) is 0.917. The van der Waals surface area contributed by atoms with E-state index in [2.05, 4.69) is 18.9 Å². The molecule has 1 amide bonds. The van der Waals surface area contributed by atoms with E-state index in [1.165, 1.54) is 0 Å². The molecule has 16 heavy (non-hydrogen) atoms. The zero-order valence-corrected chi connectivity index (χ0v) is 10.8. The Hall–Kier alpha value is -0.610. The third kappa shape index (κ3) is 3.19. The van der Waals surface area contributed by atoms with E-state index in [0.717, 1.165) is 32.5 Å². The summed E-state index contributed by atoms with van der Waals surface area (Å²) in [6.07, 6.45) is 2.04. The second-order valence-corrected chi connectivity index (χ2v) is 4.87. The average Bonchev–Trinajstić information content (AvgIpc) is 2.28. The lowest BCUT2D eigenvalue weighted by atomic mass is 10.0. The second kappa shape index (κ2) is 6.21. The minimum Gasteiger partial charge on any atom is -0.336 e. The van der Waals surface area contributed by atoms with Crippen LogP contribution in [0.4, 0.5) is 0 Å². The lowest BCUT2D eigenvalue weighted by molar-refractivity contribution is -0.139. The van der Waals surface area contributed by atoms with Gasteiger partial charge in [0, 0.05) is 32.1 Å². The highest BCUT2D eigenvalue weighted by molar-refractivity contribution is 5.79. The number of carbonyl (C=O) groups is 1.